The lowest BCUT2D eigenvalue weighted by molar-refractivity contribution is 0.0743. The van der Waals surface area contributed by atoms with Crippen LogP contribution in [0.2, 0.25) is 0 Å². The molecule has 16 heavy (non-hydrogen) atoms. The average Bonchev–Trinajstić information content (AvgIpc) is 2.97. The predicted octanol–water partition coefficient (Wildman–Crippen LogP) is 1.99. The van der Waals surface area contributed by atoms with Gasteiger partial charge in [-0.15, -0.1) is 11.3 Å². The maximum atomic E-state index is 12.1. The first-order chi connectivity index (χ1) is 7.70. The zero-order chi connectivity index (χ0) is 11.5. The Kier molecular flexibility index (Phi) is 3.43. The number of amides is 1. The van der Waals surface area contributed by atoms with E-state index in [0.717, 1.165) is 19.5 Å². The number of nitrogens with zero attached hydrogens (tertiary/aromatic N) is 2. The fraction of sp³-hybridized carbons (Fsp3) is 0.636. The van der Waals surface area contributed by atoms with Gasteiger partial charge in [-0.3, -0.25) is 4.79 Å². The van der Waals surface area contributed by atoms with Crippen molar-refractivity contribution in [3.05, 3.63) is 11.1 Å². The van der Waals surface area contributed by atoms with E-state index in [-0.39, 0.29) is 5.91 Å². The number of carbonyl (C=O) groups excluding carboxylic acids is 1. The van der Waals surface area contributed by atoms with E-state index in [9.17, 15) is 4.79 Å². The summed E-state index contributed by atoms with van der Waals surface area (Å²) in [4.78, 5) is 18.1. The molecule has 1 aliphatic carbocycles. The minimum Gasteiger partial charge on any atom is -0.375 e. The summed E-state index contributed by atoms with van der Waals surface area (Å²) in [6, 6.07) is 0. The molecule has 1 aromatic rings. The summed E-state index contributed by atoms with van der Waals surface area (Å²) in [6.45, 7) is 3.78. The van der Waals surface area contributed by atoms with Crippen LogP contribution in [0.15, 0.2) is 5.38 Å². The van der Waals surface area contributed by atoms with Gasteiger partial charge in [0, 0.05) is 18.5 Å². The lowest BCUT2D eigenvalue weighted by Crippen LogP contribution is -2.33. The van der Waals surface area contributed by atoms with Crippen molar-refractivity contribution in [2.75, 3.05) is 18.8 Å². The van der Waals surface area contributed by atoms with E-state index in [4.69, 9.17) is 5.73 Å². The quantitative estimate of drug-likeness (QED) is 0.854. The Morgan fingerprint density at radius 1 is 1.69 bits per heavy atom. The Labute approximate surface area is 99.5 Å². The number of nitrogen functional groups attached to an aromatic ring is 1. The lowest BCUT2D eigenvalue weighted by atomic mass is 10.3. The van der Waals surface area contributed by atoms with Crippen LogP contribution in [-0.2, 0) is 0 Å². The second-order valence-corrected chi connectivity index (χ2v) is 5.16. The molecular weight excluding hydrogens is 222 g/mol. The van der Waals surface area contributed by atoms with E-state index in [1.54, 1.807) is 5.38 Å². The van der Waals surface area contributed by atoms with Gasteiger partial charge >= 0.3 is 0 Å². The Balaban J connectivity index is 2.02. The van der Waals surface area contributed by atoms with Gasteiger partial charge in [0.25, 0.3) is 5.91 Å². The smallest absolute Gasteiger partial charge is 0.273 e. The van der Waals surface area contributed by atoms with Crippen LogP contribution in [0.3, 0.4) is 0 Å². The highest BCUT2D eigenvalue weighted by Crippen LogP contribution is 2.30. The van der Waals surface area contributed by atoms with E-state index in [1.165, 1.54) is 24.2 Å². The molecule has 1 amide bonds. The molecule has 0 radical (unpaired) electrons. The van der Waals surface area contributed by atoms with E-state index < -0.39 is 0 Å². The van der Waals surface area contributed by atoms with E-state index in [2.05, 4.69) is 11.9 Å². The number of thiazole rings is 1. The van der Waals surface area contributed by atoms with Crippen molar-refractivity contribution in [3.63, 3.8) is 0 Å². The molecule has 0 atom stereocenters. The fourth-order valence-corrected chi connectivity index (χ4v) is 2.24. The molecule has 88 valence electrons. The summed E-state index contributed by atoms with van der Waals surface area (Å²) < 4.78 is 0. The van der Waals surface area contributed by atoms with Crippen molar-refractivity contribution in [2.45, 2.75) is 26.2 Å². The number of hydrogen-bond acceptors (Lipinski definition) is 4. The molecule has 2 rings (SSSR count). The summed E-state index contributed by atoms with van der Waals surface area (Å²) in [5.74, 6) is 0.744. The normalized spacial score (nSPS) is 15.1. The number of anilines is 1. The van der Waals surface area contributed by atoms with Gasteiger partial charge in [0.15, 0.2) is 5.13 Å². The van der Waals surface area contributed by atoms with Crippen LogP contribution in [-0.4, -0.2) is 28.9 Å². The van der Waals surface area contributed by atoms with Crippen molar-refractivity contribution in [2.24, 2.45) is 5.92 Å². The Hall–Kier alpha value is -1.10. The summed E-state index contributed by atoms with van der Waals surface area (Å²) in [5.41, 5.74) is 6.04. The second kappa shape index (κ2) is 4.82. The van der Waals surface area contributed by atoms with Crippen LogP contribution < -0.4 is 5.73 Å². The summed E-state index contributed by atoms with van der Waals surface area (Å²) in [7, 11) is 0. The molecule has 1 aliphatic rings. The molecule has 1 aromatic heterocycles. The second-order valence-electron chi connectivity index (χ2n) is 4.27. The van der Waals surface area contributed by atoms with Gasteiger partial charge < -0.3 is 10.6 Å². The van der Waals surface area contributed by atoms with Crippen molar-refractivity contribution in [1.82, 2.24) is 9.88 Å². The number of carbonyl (C=O) groups is 1. The largest absolute Gasteiger partial charge is 0.375 e. The summed E-state index contributed by atoms with van der Waals surface area (Å²) in [6.07, 6.45) is 3.50. The highest BCUT2D eigenvalue weighted by molar-refractivity contribution is 7.13. The summed E-state index contributed by atoms with van der Waals surface area (Å²) in [5, 5.41) is 2.21. The highest BCUT2D eigenvalue weighted by Gasteiger charge is 2.27. The van der Waals surface area contributed by atoms with Gasteiger partial charge in [-0.05, 0) is 25.2 Å². The first kappa shape index (κ1) is 11.4. The molecule has 5 heteroatoms. The molecule has 1 fully saturated rings. The van der Waals surface area contributed by atoms with Gasteiger partial charge in [0.2, 0.25) is 0 Å². The zero-order valence-electron chi connectivity index (χ0n) is 9.48. The molecule has 0 unspecified atom stereocenters. The van der Waals surface area contributed by atoms with Crippen molar-refractivity contribution >= 4 is 22.4 Å². The van der Waals surface area contributed by atoms with Gasteiger partial charge in [-0.25, -0.2) is 4.98 Å². The molecule has 1 saturated carbocycles. The number of rotatable bonds is 5. The topological polar surface area (TPSA) is 59.2 Å². The minimum atomic E-state index is 0.0294. The van der Waals surface area contributed by atoms with Gasteiger partial charge in [-0.1, -0.05) is 6.92 Å². The van der Waals surface area contributed by atoms with E-state index in [0.29, 0.717) is 16.7 Å². The molecule has 0 bridgehead atoms. The first-order valence-corrected chi connectivity index (χ1v) is 6.59. The first-order valence-electron chi connectivity index (χ1n) is 5.71. The SMILES string of the molecule is CCCN(CC1CC1)C(=O)c1csc(N)n1. The third kappa shape index (κ3) is 2.72. The number of nitrogens with two attached hydrogens (primary N) is 1. The van der Waals surface area contributed by atoms with Crippen LogP contribution >= 0.6 is 11.3 Å². The van der Waals surface area contributed by atoms with Gasteiger partial charge in [-0.2, -0.15) is 0 Å². The number of hydrogen-bond donors (Lipinski definition) is 1. The molecule has 0 saturated heterocycles. The molecular formula is C11H17N3OS. The molecule has 0 spiro atoms. The lowest BCUT2D eigenvalue weighted by Gasteiger charge is -2.20. The Bertz CT molecular complexity index is 373. The van der Waals surface area contributed by atoms with Gasteiger partial charge in [0.1, 0.15) is 5.69 Å². The minimum absolute atomic E-state index is 0.0294. The molecule has 0 aliphatic heterocycles. The maximum absolute atomic E-state index is 12.1. The average molecular weight is 239 g/mol. The van der Waals surface area contributed by atoms with Crippen molar-refractivity contribution in [1.29, 1.82) is 0 Å². The monoisotopic (exact) mass is 239 g/mol. The van der Waals surface area contributed by atoms with E-state index >= 15 is 0 Å². The Morgan fingerprint density at radius 2 is 2.44 bits per heavy atom. The third-order valence-electron chi connectivity index (χ3n) is 2.70. The van der Waals surface area contributed by atoms with Crippen LogP contribution in [0.5, 0.6) is 0 Å². The molecule has 2 N–H and O–H groups in total. The molecule has 4 nitrogen and oxygen atoms in total. The van der Waals surface area contributed by atoms with Gasteiger partial charge in [0.05, 0.1) is 0 Å². The van der Waals surface area contributed by atoms with Crippen LogP contribution in [0, 0.1) is 5.92 Å². The van der Waals surface area contributed by atoms with Crippen molar-refractivity contribution < 1.29 is 4.79 Å². The predicted molar refractivity (Wildman–Crippen MR) is 65.4 cm³/mol. The zero-order valence-corrected chi connectivity index (χ0v) is 10.3. The van der Waals surface area contributed by atoms with Crippen LogP contribution in [0.1, 0.15) is 36.7 Å². The van der Waals surface area contributed by atoms with E-state index in [1.807, 2.05) is 4.90 Å². The molecule has 1 heterocycles. The number of aromatic nitrogens is 1. The Morgan fingerprint density at radius 3 is 2.94 bits per heavy atom. The highest BCUT2D eigenvalue weighted by atomic mass is 32.1. The van der Waals surface area contributed by atoms with Crippen LogP contribution in [0.4, 0.5) is 5.13 Å². The summed E-state index contributed by atoms with van der Waals surface area (Å²) >= 11 is 1.32. The molecule has 0 aromatic carbocycles. The standard InChI is InChI=1S/C11H17N3OS/c1-2-5-14(6-8-3-4-8)10(15)9-7-16-11(12)13-9/h7-8H,2-6H2,1H3,(H2,12,13). The van der Waals surface area contributed by atoms with Crippen LogP contribution in [0.25, 0.3) is 0 Å². The third-order valence-corrected chi connectivity index (χ3v) is 3.37. The van der Waals surface area contributed by atoms with Crippen molar-refractivity contribution in [3.8, 4) is 0 Å². The maximum Gasteiger partial charge on any atom is 0.273 e. The fourth-order valence-electron chi connectivity index (χ4n) is 1.71.